The van der Waals surface area contributed by atoms with Gasteiger partial charge in [-0.3, -0.25) is 4.79 Å². The fourth-order valence-corrected chi connectivity index (χ4v) is 2.00. The Kier molecular flexibility index (Phi) is 5.92. The van der Waals surface area contributed by atoms with E-state index < -0.39 is 5.91 Å². The van der Waals surface area contributed by atoms with Crippen molar-refractivity contribution >= 4 is 17.3 Å². The van der Waals surface area contributed by atoms with Gasteiger partial charge in [-0.25, -0.2) is 4.39 Å². The zero-order chi connectivity index (χ0) is 17.4. The van der Waals surface area contributed by atoms with Gasteiger partial charge in [-0.1, -0.05) is 18.2 Å². The normalized spacial score (nSPS) is 10.8. The molecule has 0 radical (unpaired) electrons. The minimum absolute atomic E-state index is 0.0691. The predicted molar refractivity (Wildman–Crippen MR) is 91.3 cm³/mol. The van der Waals surface area contributed by atoms with Gasteiger partial charge in [-0.05, 0) is 42.3 Å². The Morgan fingerprint density at radius 1 is 1.21 bits per heavy atom. The molecule has 0 aliphatic rings. The summed E-state index contributed by atoms with van der Waals surface area (Å²) in [5, 5.41) is 14.5. The summed E-state index contributed by atoms with van der Waals surface area (Å²) in [4.78, 5) is 12.0. The Hall–Kier alpha value is -3.33. The average molecular weight is 324 g/mol. The molecular formula is C18H17FN4O. The van der Waals surface area contributed by atoms with Gasteiger partial charge in [0.05, 0.1) is 0 Å². The number of amides is 1. The largest absolute Gasteiger partial charge is 0.399 e. The molecule has 6 heteroatoms. The molecule has 0 bridgehead atoms. The van der Waals surface area contributed by atoms with E-state index >= 15 is 0 Å². The Morgan fingerprint density at radius 3 is 2.58 bits per heavy atom. The van der Waals surface area contributed by atoms with Crippen molar-refractivity contribution in [3.05, 3.63) is 71.7 Å². The lowest BCUT2D eigenvalue weighted by Gasteiger charge is -2.06. The summed E-state index contributed by atoms with van der Waals surface area (Å²) in [6.45, 7) is 0.404. The summed E-state index contributed by atoms with van der Waals surface area (Å²) in [6.07, 6.45) is 1.77. The molecule has 2 aromatic carbocycles. The Bertz CT molecular complexity index is 778. The topological polar surface area (TPSA) is 90.9 Å². The molecule has 0 saturated carbocycles. The SMILES string of the molecule is N#C/C(=C/NCCc1ccccc1F)C(=O)Nc1ccc(N)cc1. The summed E-state index contributed by atoms with van der Waals surface area (Å²) in [6, 6.07) is 14.9. The van der Waals surface area contributed by atoms with E-state index in [4.69, 9.17) is 11.0 Å². The van der Waals surface area contributed by atoms with Gasteiger partial charge >= 0.3 is 0 Å². The first kappa shape index (κ1) is 17.0. The third-order valence-electron chi connectivity index (χ3n) is 3.28. The number of hydrogen-bond acceptors (Lipinski definition) is 4. The van der Waals surface area contributed by atoms with Crippen LogP contribution < -0.4 is 16.4 Å². The number of carbonyl (C=O) groups excluding carboxylic acids is 1. The third-order valence-corrected chi connectivity index (χ3v) is 3.28. The Labute approximate surface area is 139 Å². The van der Waals surface area contributed by atoms with Crippen LogP contribution in [0.2, 0.25) is 0 Å². The first-order chi connectivity index (χ1) is 11.6. The maximum absolute atomic E-state index is 13.5. The molecule has 0 aliphatic carbocycles. The fraction of sp³-hybridized carbons (Fsp3) is 0.111. The predicted octanol–water partition coefficient (Wildman–Crippen LogP) is 2.59. The van der Waals surface area contributed by atoms with Crippen molar-refractivity contribution in [1.29, 1.82) is 5.26 Å². The zero-order valence-corrected chi connectivity index (χ0v) is 12.9. The van der Waals surface area contributed by atoms with E-state index in [0.717, 1.165) is 0 Å². The molecule has 5 nitrogen and oxygen atoms in total. The molecule has 0 spiro atoms. The number of nitrogens with one attached hydrogen (secondary N) is 2. The molecule has 1 amide bonds. The number of nitrogens with zero attached hydrogens (tertiary/aromatic N) is 1. The quantitative estimate of drug-likeness (QED) is 0.330. The smallest absolute Gasteiger partial charge is 0.267 e. The van der Waals surface area contributed by atoms with Crippen molar-refractivity contribution in [3.63, 3.8) is 0 Å². The van der Waals surface area contributed by atoms with Gasteiger partial charge in [0.25, 0.3) is 5.91 Å². The van der Waals surface area contributed by atoms with Crippen molar-refractivity contribution in [1.82, 2.24) is 5.32 Å². The van der Waals surface area contributed by atoms with Crippen LogP contribution in [0.3, 0.4) is 0 Å². The second-order valence-electron chi connectivity index (χ2n) is 5.04. The number of nitrogen functional groups attached to an aromatic ring is 1. The first-order valence-corrected chi connectivity index (χ1v) is 7.34. The van der Waals surface area contributed by atoms with Crippen LogP contribution in [0.15, 0.2) is 60.3 Å². The van der Waals surface area contributed by atoms with Gasteiger partial charge in [0.2, 0.25) is 0 Å². The van der Waals surface area contributed by atoms with Crippen LogP contribution in [0.4, 0.5) is 15.8 Å². The zero-order valence-electron chi connectivity index (χ0n) is 12.9. The lowest BCUT2D eigenvalue weighted by atomic mass is 10.1. The van der Waals surface area contributed by atoms with Crippen LogP contribution in [0.25, 0.3) is 0 Å². The van der Waals surface area contributed by atoms with Crippen molar-refractivity contribution < 1.29 is 9.18 Å². The number of hydrogen-bond donors (Lipinski definition) is 3. The summed E-state index contributed by atoms with van der Waals surface area (Å²) in [5.74, 6) is -0.800. The molecule has 0 saturated heterocycles. The molecule has 24 heavy (non-hydrogen) atoms. The Morgan fingerprint density at radius 2 is 1.92 bits per heavy atom. The van der Waals surface area contributed by atoms with Crippen molar-refractivity contribution in [3.8, 4) is 6.07 Å². The van der Waals surface area contributed by atoms with Crippen LogP contribution in [-0.2, 0) is 11.2 Å². The van der Waals surface area contributed by atoms with E-state index in [-0.39, 0.29) is 11.4 Å². The minimum Gasteiger partial charge on any atom is -0.399 e. The lowest BCUT2D eigenvalue weighted by molar-refractivity contribution is -0.112. The van der Waals surface area contributed by atoms with Crippen LogP contribution in [0.1, 0.15) is 5.56 Å². The summed E-state index contributed by atoms with van der Waals surface area (Å²) < 4.78 is 13.5. The third kappa shape index (κ3) is 4.85. The number of halogens is 1. The number of carbonyl (C=O) groups is 1. The van der Waals surface area contributed by atoms with Crippen LogP contribution in [-0.4, -0.2) is 12.5 Å². The summed E-state index contributed by atoms with van der Waals surface area (Å²) in [7, 11) is 0. The van der Waals surface area contributed by atoms with Gasteiger partial charge in [-0.2, -0.15) is 5.26 Å². The van der Waals surface area contributed by atoms with E-state index in [9.17, 15) is 9.18 Å². The average Bonchev–Trinajstić information content (AvgIpc) is 2.58. The van der Waals surface area contributed by atoms with Crippen molar-refractivity contribution in [2.24, 2.45) is 0 Å². The van der Waals surface area contributed by atoms with Crippen LogP contribution in [0, 0.1) is 17.1 Å². The fourth-order valence-electron chi connectivity index (χ4n) is 2.00. The molecule has 122 valence electrons. The summed E-state index contributed by atoms with van der Waals surface area (Å²) >= 11 is 0. The standard InChI is InChI=1S/C18H17FN4O/c19-17-4-2-1-3-13(17)9-10-22-12-14(11-20)18(24)23-16-7-5-15(21)6-8-16/h1-8,12,22H,9-10,21H2,(H,23,24)/b14-12-. The minimum atomic E-state index is -0.527. The highest BCUT2D eigenvalue weighted by Gasteiger charge is 2.09. The summed E-state index contributed by atoms with van der Waals surface area (Å²) in [5.41, 5.74) is 7.20. The van der Waals surface area contributed by atoms with E-state index in [1.165, 1.54) is 12.3 Å². The van der Waals surface area contributed by atoms with Gasteiger partial charge in [0.1, 0.15) is 17.5 Å². The second kappa shape index (κ2) is 8.34. The van der Waals surface area contributed by atoms with Crippen LogP contribution in [0.5, 0.6) is 0 Å². The van der Waals surface area contributed by atoms with E-state index in [0.29, 0.717) is 29.9 Å². The molecule has 0 heterocycles. The van der Waals surface area contributed by atoms with Gasteiger partial charge in [-0.15, -0.1) is 0 Å². The number of nitrogens with two attached hydrogens (primary N) is 1. The van der Waals surface area contributed by atoms with Gasteiger partial charge in [0.15, 0.2) is 0 Å². The Balaban J connectivity index is 1.89. The van der Waals surface area contributed by atoms with E-state index in [1.54, 1.807) is 42.5 Å². The highest BCUT2D eigenvalue weighted by Crippen LogP contribution is 2.11. The van der Waals surface area contributed by atoms with Crippen LogP contribution >= 0.6 is 0 Å². The van der Waals surface area contributed by atoms with Gasteiger partial charge < -0.3 is 16.4 Å². The first-order valence-electron chi connectivity index (χ1n) is 7.34. The maximum Gasteiger partial charge on any atom is 0.267 e. The monoisotopic (exact) mass is 324 g/mol. The van der Waals surface area contributed by atoms with E-state index in [2.05, 4.69) is 10.6 Å². The number of benzene rings is 2. The van der Waals surface area contributed by atoms with Gasteiger partial charge in [0, 0.05) is 24.1 Å². The maximum atomic E-state index is 13.5. The highest BCUT2D eigenvalue weighted by molar-refractivity contribution is 6.06. The second-order valence-corrected chi connectivity index (χ2v) is 5.04. The molecule has 0 atom stereocenters. The number of rotatable bonds is 6. The highest BCUT2D eigenvalue weighted by atomic mass is 19.1. The molecule has 2 aromatic rings. The molecule has 0 aromatic heterocycles. The molecule has 0 unspecified atom stereocenters. The van der Waals surface area contributed by atoms with Crippen molar-refractivity contribution in [2.45, 2.75) is 6.42 Å². The molecular weight excluding hydrogens is 307 g/mol. The molecule has 4 N–H and O–H groups in total. The molecule has 0 aliphatic heterocycles. The number of anilines is 2. The van der Waals surface area contributed by atoms with Crippen molar-refractivity contribution in [2.75, 3.05) is 17.6 Å². The number of nitriles is 1. The van der Waals surface area contributed by atoms with E-state index in [1.807, 2.05) is 6.07 Å². The molecule has 0 fully saturated rings. The molecule has 2 rings (SSSR count). The lowest BCUT2D eigenvalue weighted by Crippen LogP contribution is -2.18.